The van der Waals surface area contributed by atoms with Crippen LogP contribution in [0, 0.1) is 18.8 Å². The number of nitrogens with zero attached hydrogens (tertiary/aromatic N) is 6. The van der Waals surface area contributed by atoms with Crippen LogP contribution in [0.4, 0.5) is 11.8 Å². The number of ether oxygens (including phenoxy) is 2. The highest BCUT2D eigenvalue weighted by Gasteiger charge is 2.21. The van der Waals surface area contributed by atoms with Crippen molar-refractivity contribution < 1.29 is 15.7 Å². The first kappa shape index (κ1) is 33.4. The van der Waals surface area contributed by atoms with Crippen molar-refractivity contribution in [2.45, 2.75) is 73.3 Å². The monoisotopic (exact) mass is 601 g/mol. The summed E-state index contributed by atoms with van der Waals surface area (Å²) in [5.74, 6) is 4.60. The molecule has 3 aromatic heterocycles. The van der Waals surface area contributed by atoms with Gasteiger partial charge in [-0.25, -0.2) is 15.0 Å². The van der Waals surface area contributed by atoms with Gasteiger partial charge in [-0.3, -0.25) is 9.48 Å². The first-order chi connectivity index (χ1) is 20.3. The third kappa shape index (κ3) is 9.74. The fourth-order valence-electron chi connectivity index (χ4n) is 5.19. The van der Waals surface area contributed by atoms with E-state index in [2.05, 4.69) is 58.4 Å². The molecule has 0 radical (unpaired) electrons. The Morgan fingerprint density at radius 2 is 1.86 bits per heavy atom. The summed E-state index contributed by atoms with van der Waals surface area (Å²) >= 11 is 1.75. The Morgan fingerprint density at radius 1 is 1.17 bits per heavy atom. The van der Waals surface area contributed by atoms with Crippen LogP contribution in [0.3, 0.4) is 0 Å². The van der Waals surface area contributed by atoms with Crippen molar-refractivity contribution in [1.29, 1.82) is 0 Å². The lowest BCUT2D eigenvalue weighted by molar-refractivity contribution is -0.144. The highest BCUT2D eigenvalue weighted by atomic mass is 32.2. The zero-order chi connectivity index (χ0) is 30.5. The smallest absolute Gasteiger partial charge is 0.306 e. The lowest BCUT2D eigenvalue weighted by atomic mass is 9.81. The Labute approximate surface area is 256 Å². The number of hydrogen-bond donors (Lipinski definition) is 1. The summed E-state index contributed by atoms with van der Waals surface area (Å²) in [6, 6.07) is 2.17. The summed E-state index contributed by atoms with van der Waals surface area (Å²) in [7, 11) is 1.93. The normalized spacial score (nSPS) is 16.5. The molecule has 1 aliphatic rings. The number of nitrogens with one attached hydrogen (secondary N) is 1. The van der Waals surface area contributed by atoms with E-state index in [1.165, 1.54) is 25.7 Å². The Bertz CT molecular complexity index is 1250. The van der Waals surface area contributed by atoms with Crippen molar-refractivity contribution in [3.8, 4) is 5.75 Å². The van der Waals surface area contributed by atoms with Crippen LogP contribution in [0.2, 0.25) is 0 Å². The molecule has 1 saturated carbocycles. The molecule has 1 aliphatic carbocycles. The summed E-state index contributed by atoms with van der Waals surface area (Å²) in [4.78, 5) is 27.1. The van der Waals surface area contributed by atoms with Gasteiger partial charge >= 0.3 is 5.97 Å². The van der Waals surface area contributed by atoms with E-state index in [9.17, 15) is 4.79 Å². The van der Waals surface area contributed by atoms with Crippen molar-refractivity contribution in [2.24, 2.45) is 18.9 Å². The quantitative estimate of drug-likeness (QED) is 0.178. The molecule has 0 atom stereocenters. The molecular formula is C31H51N7O3S. The van der Waals surface area contributed by atoms with Crippen LogP contribution in [-0.4, -0.2) is 69.0 Å². The number of pyridine rings is 1. The minimum absolute atomic E-state index is 0. The van der Waals surface area contributed by atoms with E-state index >= 15 is 0 Å². The van der Waals surface area contributed by atoms with Crippen LogP contribution in [0.1, 0.15) is 72.5 Å². The minimum atomic E-state index is -0.0120. The van der Waals surface area contributed by atoms with Crippen LogP contribution in [0.15, 0.2) is 18.5 Å². The highest BCUT2D eigenvalue weighted by molar-refractivity contribution is 7.98. The summed E-state index contributed by atoms with van der Waals surface area (Å²) in [5.41, 5.74) is 2.97. The molecule has 42 heavy (non-hydrogen) atoms. The summed E-state index contributed by atoms with van der Waals surface area (Å²) < 4.78 is 12.4. The van der Waals surface area contributed by atoms with Gasteiger partial charge in [-0.2, -0.15) is 16.9 Å². The second-order valence-corrected chi connectivity index (χ2v) is 11.8. The van der Waals surface area contributed by atoms with Gasteiger partial charge in [-0.1, -0.05) is 19.8 Å². The second kappa shape index (κ2) is 17.1. The fraction of sp³-hybridized carbons (Fsp3) is 0.645. The number of thioether (sulfide) groups is 1. The van der Waals surface area contributed by atoms with E-state index < -0.39 is 0 Å². The molecule has 0 spiro atoms. The summed E-state index contributed by atoms with van der Waals surface area (Å²) in [6.45, 7) is 14.0. The average molecular weight is 602 g/mol. The van der Waals surface area contributed by atoms with Crippen molar-refractivity contribution in [3.05, 3.63) is 29.7 Å². The lowest BCUT2D eigenvalue weighted by Gasteiger charge is -2.25. The maximum Gasteiger partial charge on any atom is 0.306 e. The van der Waals surface area contributed by atoms with E-state index in [0.717, 1.165) is 52.9 Å². The number of esters is 1. The van der Waals surface area contributed by atoms with Crippen molar-refractivity contribution >= 4 is 40.5 Å². The van der Waals surface area contributed by atoms with E-state index in [0.29, 0.717) is 43.8 Å². The first-order valence-corrected chi connectivity index (χ1v) is 16.6. The van der Waals surface area contributed by atoms with Gasteiger partial charge in [-0.15, -0.1) is 0 Å². The molecule has 3 aromatic rings. The van der Waals surface area contributed by atoms with Gasteiger partial charge in [-0.05, 0) is 64.7 Å². The van der Waals surface area contributed by atoms with Crippen LogP contribution in [0.5, 0.6) is 5.75 Å². The third-order valence-corrected chi connectivity index (χ3v) is 8.21. The Morgan fingerprint density at radius 3 is 2.48 bits per heavy atom. The summed E-state index contributed by atoms with van der Waals surface area (Å²) in [5, 5.41) is 8.90. The van der Waals surface area contributed by atoms with Gasteiger partial charge in [0.25, 0.3) is 0 Å². The predicted molar refractivity (Wildman–Crippen MR) is 175 cm³/mol. The average Bonchev–Trinajstić information content (AvgIpc) is 3.26. The van der Waals surface area contributed by atoms with Crippen molar-refractivity contribution in [1.82, 2.24) is 24.7 Å². The fourth-order valence-corrected chi connectivity index (χ4v) is 5.44. The molecule has 0 amide bonds. The number of anilines is 2. The largest absolute Gasteiger partial charge is 0.489 e. The molecule has 11 heteroatoms. The highest BCUT2D eigenvalue weighted by Crippen LogP contribution is 2.30. The Kier molecular flexibility index (Phi) is 13.6. The van der Waals surface area contributed by atoms with Gasteiger partial charge in [0, 0.05) is 51.2 Å². The molecule has 0 bridgehead atoms. The van der Waals surface area contributed by atoms with Gasteiger partial charge in [0.1, 0.15) is 5.82 Å². The molecule has 0 aromatic carbocycles. The zero-order valence-electron chi connectivity index (χ0n) is 26.5. The van der Waals surface area contributed by atoms with Gasteiger partial charge in [0.15, 0.2) is 11.4 Å². The molecule has 4 rings (SSSR count). The van der Waals surface area contributed by atoms with Gasteiger partial charge in [0.2, 0.25) is 5.95 Å². The lowest BCUT2D eigenvalue weighted by Crippen LogP contribution is -2.25. The maximum absolute atomic E-state index is 11.2. The van der Waals surface area contributed by atoms with E-state index in [-0.39, 0.29) is 7.40 Å². The minimum Gasteiger partial charge on any atom is -0.489 e. The predicted octanol–water partition coefficient (Wildman–Crippen LogP) is 6.28. The zero-order valence-corrected chi connectivity index (χ0v) is 27.3. The number of carbonyl (C=O) groups is 1. The molecule has 0 unspecified atom stereocenters. The van der Waals surface area contributed by atoms with Crippen LogP contribution in [-0.2, 0) is 23.1 Å². The molecule has 1 fully saturated rings. The Balaban J connectivity index is 0.000000388. The van der Waals surface area contributed by atoms with Crippen LogP contribution < -0.4 is 15.0 Å². The summed E-state index contributed by atoms with van der Waals surface area (Å²) in [6.07, 6.45) is 11.1. The Hall–Kier alpha value is -3.08. The number of rotatable bonds is 13. The standard InChI is InChI=1S/C20H29N7OS.C11H20O2.H2/c1-6-27(7-2)18-15(10-17-14(3)25-26(4)19(17)24-18)11-21-20-22-12-16(13-23-20)28-8-9-29-5;1-3-13-11(12)8-10-6-4-9(2)5-7-10;/h10,12-13H,6-9,11H2,1-5H3,(H,21,22,23);9-10H,3-8H2,1-2H3;1H. The number of hydrogen-bond acceptors (Lipinski definition) is 10. The molecule has 10 nitrogen and oxygen atoms in total. The molecule has 3 heterocycles. The number of fused-ring (bicyclic) bond motifs is 1. The molecule has 0 aliphatic heterocycles. The second-order valence-electron chi connectivity index (χ2n) is 10.8. The maximum atomic E-state index is 11.2. The van der Waals surface area contributed by atoms with Crippen molar-refractivity contribution in [3.63, 3.8) is 0 Å². The van der Waals surface area contributed by atoms with Gasteiger partial charge < -0.3 is 19.7 Å². The molecule has 234 valence electrons. The third-order valence-electron chi connectivity index (χ3n) is 7.64. The molecule has 0 saturated heterocycles. The SMILES string of the molecule is CCN(CC)c1nc2c(cc1CNc1ncc(OCCSC)cn1)c(C)nn2C.CCOC(=O)CC1CCC(C)CC1.[HH]. The van der Waals surface area contributed by atoms with E-state index in [4.69, 9.17) is 14.5 Å². The van der Waals surface area contributed by atoms with E-state index in [1.54, 1.807) is 24.2 Å². The molecule has 1 N–H and O–H groups in total. The van der Waals surface area contributed by atoms with E-state index in [1.807, 2.05) is 25.6 Å². The van der Waals surface area contributed by atoms with Gasteiger partial charge in [0.05, 0.1) is 31.3 Å². The first-order valence-electron chi connectivity index (χ1n) is 15.2. The number of carbonyl (C=O) groups excluding carboxylic acids is 1. The number of aryl methyl sites for hydroxylation is 2. The topological polar surface area (TPSA) is 107 Å². The number of aromatic nitrogens is 5. The van der Waals surface area contributed by atoms with Crippen LogP contribution >= 0.6 is 11.8 Å². The van der Waals surface area contributed by atoms with Crippen molar-refractivity contribution in [2.75, 3.05) is 48.5 Å². The van der Waals surface area contributed by atoms with Crippen LogP contribution in [0.25, 0.3) is 11.0 Å². The molecular weight excluding hydrogens is 550 g/mol.